The van der Waals surface area contributed by atoms with Gasteiger partial charge in [0.05, 0.1) is 18.1 Å². The minimum absolute atomic E-state index is 0. The van der Waals surface area contributed by atoms with Crippen molar-refractivity contribution in [1.29, 1.82) is 0 Å². The van der Waals surface area contributed by atoms with Crippen molar-refractivity contribution in [3.05, 3.63) is 59.0 Å². The number of fused-ring (bicyclic) bond motifs is 4. The van der Waals surface area contributed by atoms with E-state index in [1.807, 2.05) is 41.3 Å². The van der Waals surface area contributed by atoms with E-state index < -0.39 is 0 Å². The topological polar surface area (TPSA) is 61.9 Å². The second-order valence-electron chi connectivity index (χ2n) is 9.53. The van der Waals surface area contributed by atoms with Gasteiger partial charge in [-0.3, -0.25) is 9.59 Å². The third-order valence-corrected chi connectivity index (χ3v) is 8.66. The summed E-state index contributed by atoms with van der Waals surface area (Å²) in [6.07, 6.45) is 2.37. The smallest absolute Gasteiger partial charge is 0.261 e. The van der Waals surface area contributed by atoms with Gasteiger partial charge in [-0.25, -0.2) is 0 Å². The Morgan fingerprint density at radius 2 is 1.71 bits per heavy atom. The number of amides is 2. The fourth-order valence-corrected chi connectivity index (χ4v) is 6.61. The lowest BCUT2D eigenvalue weighted by Gasteiger charge is -2.44. The monoisotopic (exact) mass is 511 g/mol. The van der Waals surface area contributed by atoms with Crippen LogP contribution >= 0.6 is 23.7 Å². The van der Waals surface area contributed by atoms with E-state index in [4.69, 9.17) is 4.74 Å². The third-order valence-electron chi connectivity index (χ3n) is 7.48. The van der Waals surface area contributed by atoms with Crippen LogP contribution in [0, 0.1) is 5.92 Å². The molecule has 4 aliphatic rings. The number of hydrogen-bond donors (Lipinski definition) is 1. The van der Waals surface area contributed by atoms with Crippen LogP contribution in [0.1, 0.15) is 32.9 Å². The van der Waals surface area contributed by atoms with Crippen LogP contribution in [-0.2, 0) is 4.74 Å². The first-order chi connectivity index (χ1) is 16.7. The quantitative estimate of drug-likeness (QED) is 0.567. The van der Waals surface area contributed by atoms with Crippen LogP contribution in [-0.4, -0.2) is 73.6 Å². The van der Waals surface area contributed by atoms with E-state index in [0.29, 0.717) is 37.8 Å². The zero-order valence-corrected chi connectivity index (χ0v) is 21.2. The molecule has 1 atom stereocenters. The molecule has 2 bridgehead atoms. The van der Waals surface area contributed by atoms with Gasteiger partial charge in [-0.15, -0.1) is 23.7 Å². The SMILES string of the molecule is Cl.O=C(N[C@@H]1CN2CCC1CC2)c1cc2cccc(-c3ccc(C(=O)N4CCOCC4)cc3)c2s1. The standard InChI is InChI=1S/C27H29N3O3S.ClH/c31-26(28-23-17-29-10-8-19(23)9-11-29)24-16-21-2-1-3-22(25(21)34-24)18-4-6-20(7-5-18)27(32)30-12-14-33-15-13-30;/h1-7,16,19,23H,8-15,17H2,(H,28,31);1H/t23-;/m1./s1. The van der Waals surface area contributed by atoms with Crippen molar-refractivity contribution in [3.63, 3.8) is 0 Å². The first-order valence-electron chi connectivity index (χ1n) is 12.2. The lowest BCUT2D eigenvalue weighted by Crippen LogP contribution is -2.57. The molecular formula is C27H30ClN3O3S. The van der Waals surface area contributed by atoms with Crippen molar-refractivity contribution in [3.8, 4) is 11.1 Å². The van der Waals surface area contributed by atoms with Crippen LogP contribution < -0.4 is 5.32 Å². The van der Waals surface area contributed by atoms with Crippen molar-refractivity contribution in [2.45, 2.75) is 18.9 Å². The van der Waals surface area contributed by atoms with Gasteiger partial charge in [-0.05, 0) is 66.6 Å². The van der Waals surface area contributed by atoms with E-state index in [1.165, 1.54) is 25.9 Å². The van der Waals surface area contributed by atoms with Gasteiger partial charge in [-0.2, -0.15) is 0 Å². The number of hydrogen-bond acceptors (Lipinski definition) is 5. The maximum atomic E-state index is 13.1. The van der Waals surface area contributed by atoms with Crippen LogP contribution in [0.25, 0.3) is 21.2 Å². The molecule has 4 saturated heterocycles. The van der Waals surface area contributed by atoms with Crippen molar-refractivity contribution < 1.29 is 14.3 Å². The number of thiophene rings is 1. The molecule has 1 N–H and O–H groups in total. The molecular weight excluding hydrogens is 482 g/mol. The summed E-state index contributed by atoms with van der Waals surface area (Å²) in [5.74, 6) is 0.700. The zero-order valence-electron chi connectivity index (χ0n) is 19.6. The fourth-order valence-electron chi connectivity index (χ4n) is 5.51. The van der Waals surface area contributed by atoms with Gasteiger partial charge < -0.3 is 19.9 Å². The molecule has 3 aromatic rings. The van der Waals surface area contributed by atoms with Crippen LogP contribution in [0.4, 0.5) is 0 Å². The van der Waals surface area contributed by atoms with Gasteiger partial charge in [0, 0.05) is 35.9 Å². The van der Waals surface area contributed by atoms with Gasteiger partial charge in [0.15, 0.2) is 0 Å². The molecule has 4 fully saturated rings. The Morgan fingerprint density at radius 1 is 0.971 bits per heavy atom. The molecule has 7 rings (SSSR count). The highest BCUT2D eigenvalue weighted by atomic mass is 35.5. The van der Waals surface area contributed by atoms with E-state index in [0.717, 1.165) is 32.6 Å². The maximum absolute atomic E-state index is 13.1. The number of halogens is 1. The van der Waals surface area contributed by atoms with E-state index in [2.05, 4.69) is 22.3 Å². The Kier molecular flexibility index (Phi) is 7.12. The molecule has 2 amide bonds. The minimum atomic E-state index is 0. The van der Waals surface area contributed by atoms with Crippen molar-refractivity contribution in [2.75, 3.05) is 45.9 Å². The molecule has 2 aromatic carbocycles. The van der Waals surface area contributed by atoms with E-state index in [-0.39, 0.29) is 30.3 Å². The Balaban J connectivity index is 0.00000253. The number of nitrogens with one attached hydrogen (secondary N) is 1. The van der Waals surface area contributed by atoms with E-state index in [1.54, 1.807) is 11.3 Å². The molecule has 184 valence electrons. The van der Waals surface area contributed by atoms with Crippen molar-refractivity contribution in [1.82, 2.24) is 15.1 Å². The maximum Gasteiger partial charge on any atom is 0.261 e. The average molecular weight is 512 g/mol. The molecule has 4 aliphatic heterocycles. The Morgan fingerprint density at radius 3 is 2.40 bits per heavy atom. The highest BCUT2D eigenvalue weighted by Gasteiger charge is 2.35. The second kappa shape index (κ2) is 10.3. The summed E-state index contributed by atoms with van der Waals surface area (Å²) < 4.78 is 6.46. The Bertz CT molecular complexity index is 1210. The van der Waals surface area contributed by atoms with Crippen LogP contribution in [0.15, 0.2) is 48.5 Å². The highest BCUT2D eigenvalue weighted by Crippen LogP contribution is 2.36. The fraction of sp³-hybridized carbons (Fsp3) is 0.407. The van der Waals surface area contributed by atoms with Crippen LogP contribution in [0.3, 0.4) is 0 Å². The predicted octanol–water partition coefficient (Wildman–Crippen LogP) is 4.29. The lowest BCUT2D eigenvalue weighted by atomic mass is 9.84. The summed E-state index contributed by atoms with van der Waals surface area (Å²) in [6.45, 7) is 5.78. The predicted molar refractivity (Wildman–Crippen MR) is 142 cm³/mol. The van der Waals surface area contributed by atoms with Gasteiger partial charge in [0.1, 0.15) is 0 Å². The normalized spacial score (nSPS) is 23.7. The minimum Gasteiger partial charge on any atom is -0.378 e. The zero-order chi connectivity index (χ0) is 23.1. The van der Waals surface area contributed by atoms with Crippen LogP contribution in [0.2, 0.25) is 0 Å². The third kappa shape index (κ3) is 4.83. The molecule has 1 aromatic heterocycles. The number of carbonyl (C=O) groups excluding carboxylic acids is 2. The summed E-state index contributed by atoms with van der Waals surface area (Å²) in [5, 5.41) is 4.40. The number of morpholine rings is 1. The van der Waals surface area contributed by atoms with Gasteiger partial charge >= 0.3 is 0 Å². The largest absolute Gasteiger partial charge is 0.378 e. The second-order valence-corrected chi connectivity index (χ2v) is 10.6. The molecule has 0 aliphatic carbocycles. The number of nitrogens with zero attached hydrogens (tertiary/aromatic N) is 2. The van der Waals surface area contributed by atoms with Gasteiger partial charge in [0.2, 0.25) is 0 Å². The van der Waals surface area contributed by atoms with E-state index in [9.17, 15) is 9.59 Å². The first kappa shape index (κ1) is 24.3. The summed E-state index contributed by atoms with van der Waals surface area (Å²) in [7, 11) is 0. The average Bonchev–Trinajstić information content (AvgIpc) is 3.35. The van der Waals surface area contributed by atoms with E-state index >= 15 is 0 Å². The molecule has 0 spiro atoms. The number of piperidine rings is 3. The molecule has 0 saturated carbocycles. The molecule has 5 heterocycles. The molecule has 8 heteroatoms. The van der Waals surface area contributed by atoms with Crippen molar-refractivity contribution in [2.24, 2.45) is 5.92 Å². The summed E-state index contributed by atoms with van der Waals surface area (Å²) in [6, 6.07) is 16.3. The summed E-state index contributed by atoms with van der Waals surface area (Å²) >= 11 is 1.55. The number of rotatable bonds is 4. The van der Waals surface area contributed by atoms with Crippen LogP contribution in [0.5, 0.6) is 0 Å². The van der Waals surface area contributed by atoms with Crippen molar-refractivity contribution >= 4 is 45.6 Å². The van der Waals surface area contributed by atoms with Gasteiger partial charge in [0.25, 0.3) is 11.8 Å². The summed E-state index contributed by atoms with van der Waals surface area (Å²) in [4.78, 5) is 30.9. The first-order valence-corrected chi connectivity index (χ1v) is 13.0. The molecule has 35 heavy (non-hydrogen) atoms. The Hall–Kier alpha value is -2.45. The lowest BCUT2D eigenvalue weighted by molar-refractivity contribution is 0.0303. The number of benzene rings is 2. The molecule has 6 nitrogen and oxygen atoms in total. The summed E-state index contributed by atoms with van der Waals surface area (Å²) in [5.41, 5.74) is 2.84. The number of ether oxygens (including phenoxy) is 1. The molecule has 0 unspecified atom stereocenters. The molecule has 0 radical (unpaired) electrons. The Labute approximate surface area is 215 Å². The number of carbonyl (C=O) groups is 2. The highest BCUT2D eigenvalue weighted by molar-refractivity contribution is 7.21. The van der Waals surface area contributed by atoms with Gasteiger partial charge in [-0.1, -0.05) is 30.3 Å².